The summed E-state index contributed by atoms with van der Waals surface area (Å²) in [6.07, 6.45) is 6.95. The largest absolute Gasteiger partial charge is 0.228 e. The number of fused-ring (bicyclic) bond motifs is 2. The van der Waals surface area contributed by atoms with Crippen molar-refractivity contribution in [2.24, 2.45) is 17.8 Å². The summed E-state index contributed by atoms with van der Waals surface area (Å²) in [5.41, 5.74) is 9.20. The number of aromatic nitrogens is 2. The Labute approximate surface area is 275 Å². The molecule has 3 aliphatic rings. The molecule has 3 aliphatic carbocycles. The first-order valence-corrected chi connectivity index (χ1v) is 16.6. The van der Waals surface area contributed by atoms with Crippen molar-refractivity contribution in [1.29, 1.82) is 10.5 Å². The molecule has 9 rings (SSSR count). The van der Waals surface area contributed by atoms with Crippen molar-refractivity contribution in [3.63, 3.8) is 0 Å². The topological polar surface area (TPSA) is 73.4 Å². The summed E-state index contributed by atoms with van der Waals surface area (Å²) >= 11 is 0. The summed E-state index contributed by atoms with van der Waals surface area (Å²) in [5, 5.41) is 22.0. The van der Waals surface area contributed by atoms with Gasteiger partial charge in [-0.05, 0) is 113 Å². The van der Waals surface area contributed by atoms with Crippen molar-refractivity contribution < 1.29 is 0 Å². The lowest BCUT2D eigenvalue weighted by Gasteiger charge is -2.31. The number of hydrogen-bond acceptors (Lipinski definition) is 4. The van der Waals surface area contributed by atoms with Gasteiger partial charge < -0.3 is 0 Å². The van der Waals surface area contributed by atoms with Crippen LogP contribution in [0.3, 0.4) is 0 Å². The molecule has 1 heterocycles. The molecule has 2 bridgehead atoms. The highest BCUT2D eigenvalue weighted by molar-refractivity contribution is 5.99. The summed E-state index contributed by atoms with van der Waals surface area (Å²) < 4.78 is 0. The molecule has 0 spiro atoms. The molecule has 224 valence electrons. The Morgan fingerprint density at radius 1 is 0.553 bits per heavy atom. The number of hydrogen-bond donors (Lipinski definition) is 0. The standard InChI is InChI=1S/C43H32N4/c44-25-27-17-28(26-45)19-34(18-27)41-21-40(46-42(47-41)29-7-2-1-3-8-29)31-10-6-9-30(20-31)35-15-16-39(37-12-5-4-11-36(35)37)43-22-32-13-14-33(23-43)38(32)24-43/h1-12,15-21,32-33,38H,13-14,22-24H2/t32-,33+,38?,43?. The van der Waals surface area contributed by atoms with Crippen LogP contribution in [0.1, 0.15) is 48.8 Å². The highest BCUT2D eigenvalue weighted by Gasteiger charge is 2.58. The predicted molar refractivity (Wildman–Crippen MR) is 186 cm³/mol. The second-order valence-corrected chi connectivity index (χ2v) is 13.8. The summed E-state index contributed by atoms with van der Waals surface area (Å²) in [7, 11) is 0. The van der Waals surface area contributed by atoms with Crippen molar-refractivity contribution in [2.75, 3.05) is 0 Å². The Bertz CT molecular complexity index is 2240. The van der Waals surface area contributed by atoms with E-state index in [9.17, 15) is 10.5 Å². The van der Waals surface area contributed by atoms with Crippen molar-refractivity contribution >= 4 is 10.8 Å². The molecule has 0 radical (unpaired) electrons. The second kappa shape index (κ2) is 10.8. The van der Waals surface area contributed by atoms with Crippen LogP contribution < -0.4 is 0 Å². The maximum Gasteiger partial charge on any atom is 0.160 e. The molecule has 0 amide bonds. The lowest BCUT2D eigenvalue weighted by molar-refractivity contribution is 0.309. The molecule has 4 atom stereocenters. The van der Waals surface area contributed by atoms with Crippen molar-refractivity contribution in [1.82, 2.24) is 9.97 Å². The van der Waals surface area contributed by atoms with Crippen LogP contribution in [-0.4, -0.2) is 9.97 Å². The molecule has 0 saturated heterocycles. The first-order valence-electron chi connectivity index (χ1n) is 16.6. The van der Waals surface area contributed by atoms with E-state index in [1.54, 1.807) is 23.8 Å². The Morgan fingerprint density at radius 2 is 1.19 bits per heavy atom. The van der Waals surface area contributed by atoms with Crippen LogP contribution in [0.2, 0.25) is 0 Å². The third-order valence-corrected chi connectivity index (χ3v) is 11.3. The van der Waals surface area contributed by atoms with Gasteiger partial charge in [-0.1, -0.05) is 84.9 Å². The van der Waals surface area contributed by atoms with Crippen molar-refractivity contribution in [3.05, 3.63) is 132 Å². The lowest BCUT2D eigenvalue weighted by Crippen LogP contribution is -2.23. The van der Waals surface area contributed by atoms with Gasteiger partial charge in [0, 0.05) is 16.7 Å². The maximum atomic E-state index is 9.65. The third kappa shape index (κ3) is 4.56. The molecule has 0 aliphatic heterocycles. The van der Waals surface area contributed by atoms with Crippen LogP contribution in [-0.2, 0) is 5.41 Å². The monoisotopic (exact) mass is 604 g/mol. The van der Waals surface area contributed by atoms with Crippen LogP contribution >= 0.6 is 0 Å². The highest BCUT2D eigenvalue weighted by atomic mass is 14.9. The molecule has 1 aromatic heterocycles. The van der Waals surface area contributed by atoms with Crippen LogP contribution in [0.25, 0.3) is 55.8 Å². The van der Waals surface area contributed by atoms with E-state index in [4.69, 9.17) is 9.97 Å². The van der Waals surface area contributed by atoms with Gasteiger partial charge in [-0.15, -0.1) is 0 Å². The zero-order valence-electron chi connectivity index (χ0n) is 26.0. The first-order chi connectivity index (χ1) is 23.1. The number of nitrogens with zero attached hydrogens (tertiary/aromatic N) is 4. The van der Waals surface area contributed by atoms with Gasteiger partial charge in [0.2, 0.25) is 0 Å². The third-order valence-electron chi connectivity index (χ3n) is 11.3. The van der Waals surface area contributed by atoms with E-state index in [0.29, 0.717) is 33.6 Å². The Hall–Kier alpha value is -5.58. The second-order valence-electron chi connectivity index (χ2n) is 13.8. The lowest BCUT2D eigenvalue weighted by atomic mass is 9.73. The van der Waals surface area contributed by atoms with Gasteiger partial charge in [-0.3, -0.25) is 0 Å². The predicted octanol–water partition coefficient (Wildman–Crippen LogP) is 10.1. The van der Waals surface area contributed by atoms with Gasteiger partial charge in [-0.25, -0.2) is 9.97 Å². The van der Waals surface area contributed by atoms with Crippen molar-refractivity contribution in [3.8, 4) is 57.2 Å². The Kier molecular flexibility index (Phi) is 6.34. The number of nitriles is 2. The fourth-order valence-electron chi connectivity index (χ4n) is 9.34. The summed E-state index contributed by atoms with van der Waals surface area (Å²) in [6.45, 7) is 0. The number of rotatable bonds is 5. The van der Waals surface area contributed by atoms with Gasteiger partial charge in [0.05, 0.1) is 34.7 Å². The minimum atomic E-state index is 0.343. The van der Waals surface area contributed by atoms with E-state index < -0.39 is 0 Å². The molecule has 4 nitrogen and oxygen atoms in total. The van der Waals surface area contributed by atoms with Gasteiger partial charge >= 0.3 is 0 Å². The smallest absolute Gasteiger partial charge is 0.160 e. The minimum absolute atomic E-state index is 0.343. The molecule has 3 fully saturated rings. The molecule has 6 aromatic rings. The maximum absolute atomic E-state index is 9.65. The van der Waals surface area contributed by atoms with E-state index >= 15 is 0 Å². The number of benzene rings is 5. The van der Waals surface area contributed by atoms with Gasteiger partial charge in [-0.2, -0.15) is 10.5 Å². The molecule has 5 aromatic carbocycles. The van der Waals surface area contributed by atoms with Crippen LogP contribution in [0.4, 0.5) is 0 Å². The molecule has 0 N–H and O–H groups in total. The Morgan fingerprint density at radius 3 is 1.89 bits per heavy atom. The van der Waals surface area contributed by atoms with E-state index in [1.165, 1.54) is 48.4 Å². The van der Waals surface area contributed by atoms with Gasteiger partial charge in [0.25, 0.3) is 0 Å². The average Bonchev–Trinajstić information content (AvgIpc) is 3.77. The summed E-state index contributed by atoms with van der Waals surface area (Å²) in [6, 6.07) is 43.9. The molecular formula is C43H32N4. The average molecular weight is 605 g/mol. The van der Waals surface area contributed by atoms with E-state index in [0.717, 1.165) is 40.1 Å². The molecule has 3 saturated carbocycles. The molecular weight excluding hydrogens is 573 g/mol. The highest BCUT2D eigenvalue weighted by Crippen LogP contribution is 2.67. The first kappa shape index (κ1) is 27.7. The normalized spacial score (nSPS) is 22.3. The van der Waals surface area contributed by atoms with Crippen molar-refractivity contribution in [2.45, 2.75) is 37.5 Å². The zero-order chi connectivity index (χ0) is 31.5. The van der Waals surface area contributed by atoms with Crippen LogP contribution in [0, 0.1) is 40.4 Å². The van der Waals surface area contributed by atoms with Crippen LogP contribution in [0.15, 0.2) is 115 Å². The minimum Gasteiger partial charge on any atom is -0.228 e. The zero-order valence-corrected chi connectivity index (χ0v) is 26.0. The van der Waals surface area contributed by atoms with Gasteiger partial charge in [0.1, 0.15) is 0 Å². The van der Waals surface area contributed by atoms with E-state index in [1.807, 2.05) is 36.4 Å². The van der Waals surface area contributed by atoms with E-state index in [-0.39, 0.29) is 0 Å². The summed E-state index contributed by atoms with van der Waals surface area (Å²) in [4.78, 5) is 9.97. The molecule has 2 unspecified atom stereocenters. The Balaban J connectivity index is 1.17. The summed E-state index contributed by atoms with van der Waals surface area (Å²) in [5.74, 6) is 3.39. The van der Waals surface area contributed by atoms with Crippen LogP contribution in [0.5, 0.6) is 0 Å². The van der Waals surface area contributed by atoms with Gasteiger partial charge in [0.15, 0.2) is 5.82 Å². The fourth-order valence-corrected chi connectivity index (χ4v) is 9.34. The fraction of sp³-hybridized carbons (Fsp3) is 0.209. The quantitative estimate of drug-likeness (QED) is 0.196. The van der Waals surface area contributed by atoms with E-state index in [2.05, 4.69) is 72.8 Å². The molecule has 4 heteroatoms. The molecule has 47 heavy (non-hydrogen) atoms. The SMILES string of the molecule is N#Cc1cc(C#N)cc(-c2cc(-c3cccc(-c4ccc(C56CC7[C@H](CC[C@H]7C5)C6)c5ccccc45)c3)nc(-c3ccccc3)n2)c1.